The van der Waals surface area contributed by atoms with E-state index in [9.17, 15) is 9.18 Å². The van der Waals surface area contributed by atoms with Gasteiger partial charge in [0.15, 0.2) is 0 Å². The van der Waals surface area contributed by atoms with Gasteiger partial charge in [0.25, 0.3) is 0 Å². The quantitative estimate of drug-likeness (QED) is 0.890. The van der Waals surface area contributed by atoms with E-state index in [1.165, 1.54) is 12.1 Å². The largest absolute Gasteiger partial charge is 0.322 e. The Labute approximate surface area is 107 Å². The lowest BCUT2D eigenvalue weighted by Gasteiger charge is -2.24. The van der Waals surface area contributed by atoms with Crippen molar-refractivity contribution in [3.05, 3.63) is 35.6 Å². The van der Waals surface area contributed by atoms with Gasteiger partial charge in [-0.15, -0.1) is 0 Å². The van der Waals surface area contributed by atoms with Crippen LogP contribution in [-0.4, -0.2) is 23.4 Å². The molecule has 0 spiro atoms. The number of carbonyl (C=O) groups is 1. The van der Waals surface area contributed by atoms with Gasteiger partial charge in [0.2, 0.25) is 5.91 Å². The highest BCUT2D eigenvalue weighted by Crippen LogP contribution is 2.26. The Hall–Kier alpha value is -1.42. The minimum absolute atomic E-state index is 0.119. The van der Waals surface area contributed by atoms with E-state index in [1.54, 1.807) is 6.07 Å². The molecule has 4 heteroatoms. The lowest BCUT2D eigenvalue weighted by Crippen LogP contribution is -2.31. The van der Waals surface area contributed by atoms with Crippen LogP contribution in [0.2, 0.25) is 0 Å². The maximum atomic E-state index is 13.3. The molecule has 0 aliphatic carbocycles. The predicted molar refractivity (Wildman–Crippen MR) is 68.4 cm³/mol. The summed E-state index contributed by atoms with van der Waals surface area (Å²) in [4.78, 5) is 14.0. The molecule has 2 atom stereocenters. The standard InChI is InChI=1S/C14H19FN2O/c1-3-8-17-13(16-12(4-2)14(17)18)10-6-5-7-11(15)9-10/h5-7,9,12-13,16H,3-4,8H2,1-2H3. The van der Waals surface area contributed by atoms with Gasteiger partial charge in [-0.05, 0) is 30.5 Å². The van der Waals surface area contributed by atoms with Gasteiger partial charge in [0.1, 0.15) is 12.0 Å². The average Bonchev–Trinajstić information content (AvgIpc) is 2.67. The Bertz CT molecular complexity index is 436. The molecule has 2 unspecified atom stereocenters. The first-order valence-electron chi connectivity index (χ1n) is 6.49. The van der Waals surface area contributed by atoms with E-state index in [0.29, 0.717) is 6.54 Å². The second-order valence-corrected chi connectivity index (χ2v) is 4.62. The van der Waals surface area contributed by atoms with Crippen molar-refractivity contribution >= 4 is 5.91 Å². The van der Waals surface area contributed by atoms with Gasteiger partial charge in [-0.2, -0.15) is 0 Å². The molecular weight excluding hydrogens is 231 g/mol. The summed E-state index contributed by atoms with van der Waals surface area (Å²) in [6.45, 7) is 4.71. The average molecular weight is 250 g/mol. The third-order valence-electron chi connectivity index (χ3n) is 3.29. The summed E-state index contributed by atoms with van der Waals surface area (Å²) in [6.07, 6.45) is 1.46. The normalized spacial score (nSPS) is 23.7. The molecule has 98 valence electrons. The first-order chi connectivity index (χ1) is 8.67. The number of rotatable bonds is 4. The Kier molecular flexibility index (Phi) is 3.97. The van der Waals surface area contributed by atoms with Crippen molar-refractivity contribution in [2.75, 3.05) is 6.54 Å². The number of halogens is 1. The maximum absolute atomic E-state index is 13.3. The molecule has 3 nitrogen and oxygen atoms in total. The lowest BCUT2D eigenvalue weighted by molar-refractivity contribution is -0.130. The zero-order valence-electron chi connectivity index (χ0n) is 10.8. The summed E-state index contributed by atoms with van der Waals surface area (Å²) in [5.41, 5.74) is 0.813. The van der Waals surface area contributed by atoms with Crippen LogP contribution >= 0.6 is 0 Å². The van der Waals surface area contributed by atoms with E-state index >= 15 is 0 Å². The molecule has 1 saturated heterocycles. The minimum atomic E-state index is -0.266. The first kappa shape index (κ1) is 13.0. The molecule has 1 heterocycles. The van der Waals surface area contributed by atoms with Crippen molar-refractivity contribution < 1.29 is 9.18 Å². The highest BCUT2D eigenvalue weighted by Gasteiger charge is 2.37. The van der Waals surface area contributed by atoms with Crippen LogP contribution < -0.4 is 5.32 Å². The van der Waals surface area contributed by atoms with Crippen molar-refractivity contribution in [1.29, 1.82) is 0 Å². The summed E-state index contributed by atoms with van der Waals surface area (Å²) in [5, 5.41) is 3.28. The molecule has 1 aliphatic heterocycles. The number of carbonyl (C=O) groups excluding carboxylic acids is 1. The van der Waals surface area contributed by atoms with Crippen LogP contribution in [0.15, 0.2) is 24.3 Å². The van der Waals surface area contributed by atoms with Crippen molar-refractivity contribution in [3.63, 3.8) is 0 Å². The van der Waals surface area contributed by atoms with Crippen molar-refractivity contribution in [3.8, 4) is 0 Å². The molecule has 2 rings (SSSR count). The molecule has 0 bridgehead atoms. The van der Waals surface area contributed by atoms with Gasteiger partial charge in [0.05, 0.1) is 6.04 Å². The predicted octanol–water partition coefficient (Wildman–Crippen LogP) is 2.44. The topological polar surface area (TPSA) is 32.3 Å². The van der Waals surface area contributed by atoms with E-state index in [1.807, 2.05) is 24.8 Å². The molecule has 0 radical (unpaired) electrons. The molecule has 0 aromatic heterocycles. The summed E-state index contributed by atoms with van der Waals surface area (Å²) < 4.78 is 13.3. The second kappa shape index (κ2) is 5.48. The highest BCUT2D eigenvalue weighted by molar-refractivity contribution is 5.84. The van der Waals surface area contributed by atoms with Gasteiger partial charge >= 0.3 is 0 Å². The fourth-order valence-corrected chi connectivity index (χ4v) is 2.40. The molecule has 1 aromatic carbocycles. The Morgan fingerprint density at radius 2 is 2.17 bits per heavy atom. The van der Waals surface area contributed by atoms with Crippen molar-refractivity contribution in [2.24, 2.45) is 0 Å². The number of nitrogens with one attached hydrogen (secondary N) is 1. The van der Waals surface area contributed by atoms with Gasteiger partial charge in [0, 0.05) is 6.54 Å². The summed E-state index contributed by atoms with van der Waals surface area (Å²) in [5.74, 6) is -0.147. The van der Waals surface area contributed by atoms with Gasteiger partial charge in [-0.1, -0.05) is 26.0 Å². The Balaban J connectivity index is 2.27. The molecule has 1 fully saturated rings. The maximum Gasteiger partial charge on any atom is 0.241 e. The van der Waals surface area contributed by atoms with E-state index in [-0.39, 0.29) is 23.9 Å². The van der Waals surface area contributed by atoms with Gasteiger partial charge in [-0.3, -0.25) is 10.1 Å². The van der Waals surface area contributed by atoms with E-state index < -0.39 is 0 Å². The van der Waals surface area contributed by atoms with Crippen LogP contribution in [0.1, 0.15) is 38.4 Å². The van der Waals surface area contributed by atoms with Crippen LogP contribution in [0.4, 0.5) is 4.39 Å². The summed E-state index contributed by atoms with van der Waals surface area (Å²) >= 11 is 0. The van der Waals surface area contributed by atoms with Crippen LogP contribution in [0.25, 0.3) is 0 Å². The van der Waals surface area contributed by atoms with Crippen molar-refractivity contribution in [1.82, 2.24) is 10.2 Å². The van der Waals surface area contributed by atoms with Crippen molar-refractivity contribution in [2.45, 2.75) is 38.9 Å². The SMILES string of the molecule is CCCN1C(=O)C(CC)NC1c1cccc(F)c1. The molecule has 1 aromatic rings. The third-order valence-corrected chi connectivity index (χ3v) is 3.29. The summed E-state index contributed by atoms with van der Waals surface area (Å²) in [7, 11) is 0. The first-order valence-corrected chi connectivity index (χ1v) is 6.49. The van der Waals surface area contributed by atoms with Gasteiger partial charge in [-0.25, -0.2) is 4.39 Å². The summed E-state index contributed by atoms with van der Waals surface area (Å²) in [6, 6.07) is 6.30. The molecule has 18 heavy (non-hydrogen) atoms. The van der Waals surface area contributed by atoms with E-state index in [0.717, 1.165) is 18.4 Å². The third kappa shape index (κ3) is 2.38. The smallest absolute Gasteiger partial charge is 0.241 e. The number of benzene rings is 1. The zero-order chi connectivity index (χ0) is 13.1. The fourth-order valence-electron chi connectivity index (χ4n) is 2.40. The van der Waals surface area contributed by atoms with Gasteiger partial charge < -0.3 is 4.90 Å². The molecule has 1 amide bonds. The number of nitrogens with zero attached hydrogens (tertiary/aromatic N) is 1. The number of amides is 1. The van der Waals surface area contributed by atoms with Crippen LogP contribution in [-0.2, 0) is 4.79 Å². The molecule has 1 N–H and O–H groups in total. The van der Waals surface area contributed by atoms with Crippen LogP contribution in [0, 0.1) is 5.82 Å². The Morgan fingerprint density at radius 3 is 2.78 bits per heavy atom. The second-order valence-electron chi connectivity index (χ2n) is 4.62. The number of hydrogen-bond acceptors (Lipinski definition) is 2. The van der Waals surface area contributed by atoms with E-state index in [2.05, 4.69) is 5.32 Å². The van der Waals surface area contributed by atoms with E-state index in [4.69, 9.17) is 0 Å². The van der Waals surface area contributed by atoms with Crippen LogP contribution in [0.3, 0.4) is 0 Å². The van der Waals surface area contributed by atoms with Crippen LogP contribution in [0.5, 0.6) is 0 Å². The fraction of sp³-hybridized carbons (Fsp3) is 0.500. The molecule has 0 saturated carbocycles. The molecular formula is C14H19FN2O. The minimum Gasteiger partial charge on any atom is -0.322 e. The Morgan fingerprint density at radius 1 is 1.39 bits per heavy atom. The number of hydrogen-bond donors (Lipinski definition) is 1. The highest BCUT2D eigenvalue weighted by atomic mass is 19.1. The lowest BCUT2D eigenvalue weighted by atomic mass is 10.1. The zero-order valence-corrected chi connectivity index (χ0v) is 10.8. The monoisotopic (exact) mass is 250 g/mol. The molecule has 1 aliphatic rings.